The van der Waals surface area contributed by atoms with Crippen molar-refractivity contribution in [2.45, 2.75) is 33.6 Å². The maximum Gasteiger partial charge on any atom is 0.256 e. The molecule has 0 saturated carbocycles. The van der Waals surface area contributed by atoms with E-state index in [0.717, 1.165) is 64.1 Å². The maximum absolute atomic E-state index is 12.6. The summed E-state index contributed by atoms with van der Waals surface area (Å²) < 4.78 is 0.967. The number of nitrogens with one attached hydrogen (secondary N) is 2. The quantitative estimate of drug-likeness (QED) is 0.414. The first-order valence-electron chi connectivity index (χ1n) is 10.7. The molecular formula is C25H28BrN3O. The van der Waals surface area contributed by atoms with Gasteiger partial charge in [0.1, 0.15) is 0 Å². The number of anilines is 1. The number of carbonyl (C=O) groups excluding carboxylic acids is 1. The first-order chi connectivity index (χ1) is 14.5. The van der Waals surface area contributed by atoms with Crippen LogP contribution in [0, 0.1) is 0 Å². The van der Waals surface area contributed by atoms with E-state index >= 15 is 0 Å². The Morgan fingerprint density at radius 2 is 1.87 bits per heavy atom. The smallest absolute Gasteiger partial charge is 0.256 e. The van der Waals surface area contributed by atoms with Gasteiger partial charge in [-0.05, 0) is 86.9 Å². The van der Waals surface area contributed by atoms with Crippen molar-refractivity contribution in [3.05, 3.63) is 63.8 Å². The van der Waals surface area contributed by atoms with Crippen LogP contribution in [0.5, 0.6) is 0 Å². The third-order valence-corrected chi connectivity index (χ3v) is 6.52. The Morgan fingerprint density at radius 3 is 2.63 bits per heavy atom. The number of fused-ring (bicyclic) bond motifs is 2. The molecule has 2 aromatic carbocycles. The molecule has 1 aromatic heterocycles. The molecule has 0 atom stereocenters. The molecule has 0 bridgehead atoms. The first kappa shape index (κ1) is 20.9. The fourth-order valence-electron chi connectivity index (χ4n) is 4.23. The number of nitrogens with zero attached hydrogens (tertiary/aromatic N) is 1. The van der Waals surface area contributed by atoms with E-state index in [-0.39, 0.29) is 5.91 Å². The number of rotatable bonds is 7. The van der Waals surface area contributed by atoms with Crippen LogP contribution in [-0.4, -0.2) is 35.4 Å². The summed E-state index contributed by atoms with van der Waals surface area (Å²) in [4.78, 5) is 18.6. The molecule has 1 amide bonds. The standard InChI is InChI=1S/C25H28BrN3O/c1-4-29(5-2)12-6-7-17-8-10-21-18(13-17)14-23(27-21)16(3)24-20-15-19(26)9-11-22(20)28-25(24)30/h8-11,13-15,27H,4-7,12H2,1-3H3,(H,28,30)/b24-16-. The van der Waals surface area contributed by atoms with Crippen LogP contribution in [0.4, 0.5) is 5.69 Å². The Hall–Kier alpha value is -2.37. The molecule has 3 aromatic rings. The molecule has 4 nitrogen and oxygen atoms in total. The number of aryl methyl sites for hydroxylation is 1. The lowest BCUT2D eigenvalue weighted by atomic mass is 10.00. The highest BCUT2D eigenvalue weighted by atomic mass is 79.9. The van der Waals surface area contributed by atoms with E-state index in [1.54, 1.807) is 0 Å². The Bertz CT molecular complexity index is 1120. The molecular weight excluding hydrogens is 438 g/mol. The molecule has 1 aliphatic heterocycles. The molecule has 1 aliphatic rings. The molecule has 0 aliphatic carbocycles. The molecule has 0 fully saturated rings. The van der Waals surface area contributed by atoms with Crippen LogP contribution < -0.4 is 5.32 Å². The van der Waals surface area contributed by atoms with Crippen LogP contribution in [0.3, 0.4) is 0 Å². The Balaban J connectivity index is 1.61. The molecule has 0 radical (unpaired) electrons. The average molecular weight is 466 g/mol. The van der Waals surface area contributed by atoms with Gasteiger partial charge in [0.15, 0.2) is 0 Å². The highest BCUT2D eigenvalue weighted by Crippen LogP contribution is 2.38. The minimum absolute atomic E-state index is 0.0450. The number of carbonyl (C=O) groups is 1. The van der Waals surface area contributed by atoms with E-state index in [1.807, 2.05) is 25.1 Å². The van der Waals surface area contributed by atoms with Crippen molar-refractivity contribution in [1.29, 1.82) is 0 Å². The zero-order valence-electron chi connectivity index (χ0n) is 17.8. The highest BCUT2D eigenvalue weighted by molar-refractivity contribution is 9.10. The van der Waals surface area contributed by atoms with E-state index in [9.17, 15) is 4.79 Å². The number of amides is 1. The number of hydrogen-bond acceptors (Lipinski definition) is 2. The summed E-state index contributed by atoms with van der Waals surface area (Å²) in [6, 6.07) is 14.7. The maximum atomic E-state index is 12.6. The normalized spacial score (nSPS) is 15.0. The van der Waals surface area contributed by atoms with Crippen LogP contribution in [0.25, 0.3) is 22.0 Å². The van der Waals surface area contributed by atoms with Crippen molar-refractivity contribution in [2.24, 2.45) is 0 Å². The lowest BCUT2D eigenvalue weighted by Gasteiger charge is -2.17. The van der Waals surface area contributed by atoms with Crippen LogP contribution in [0.2, 0.25) is 0 Å². The van der Waals surface area contributed by atoms with Gasteiger partial charge >= 0.3 is 0 Å². The van der Waals surface area contributed by atoms with Gasteiger partial charge in [0, 0.05) is 32.3 Å². The van der Waals surface area contributed by atoms with Crippen molar-refractivity contribution in [3.63, 3.8) is 0 Å². The number of benzene rings is 2. The van der Waals surface area contributed by atoms with Gasteiger partial charge in [0.25, 0.3) is 5.91 Å². The van der Waals surface area contributed by atoms with Gasteiger partial charge in [-0.25, -0.2) is 0 Å². The molecule has 0 spiro atoms. The topological polar surface area (TPSA) is 48.1 Å². The van der Waals surface area contributed by atoms with Crippen molar-refractivity contribution < 1.29 is 4.79 Å². The van der Waals surface area contributed by atoms with Crippen molar-refractivity contribution >= 4 is 49.6 Å². The minimum Gasteiger partial charge on any atom is -0.355 e. The van der Waals surface area contributed by atoms with Gasteiger partial charge < -0.3 is 15.2 Å². The molecule has 5 heteroatoms. The number of aromatic nitrogens is 1. The van der Waals surface area contributed by atoms with Crippen LogP contribution >= 0.6 is 15.9 Å². The predicted molar refractivity (Wildman–Crippen MR) is 130 cm³/mol. The molecule has 2 N–H and O–H groups in total. The van der Waals surface area contributed by atoms with Gasteiger partial charge in [-0.3, -0.25) is 4.79 Å². The summed E-state index contributed by atoms with van der Waals surface area (Å²) in [6.45, 7) is 9.81. The van der Waals surface area contributed by atoms with E-state index in [0.29, 0.717) is 0 Å². The fraction of sp³-hybridized carbons (Fsp3) is 0.320. The second-order valence-electron chi connectivity index (χ2n) is 7.88. The van der Waals surface area contributed by atoms with E-state index in [1.165, 1.54) is 17.4 Å². The summed E-state index contributed by atoms with van der Waals surface area (Å²) in [5.41, 5.74) is 6.96. The SMILES string of the molecule is CCN(CC)CCCc1ccc2[nH]c(/C(C)=C3\C(=O)Nc4ccc(Br)cc43)cc2c1. The van der Waals surface area contributed by atoms with Gasteiger partial charge in [-0.15, -0.1) is 0 Å². The number of allylic oxidation sites excluding steroid dienone is 1. The van der Waals surface area contributed by atoms with Gasteiger partial charge in [0.05, 0.1) is 5.57 Å². The Labute approximate surface area is 186 Å². The van der Waals surface area contributed by atoms with Crippen LogP contribution in [0.15, 0.2) is 46.9 Å². The third kappa shape index (κ3) is 4.09. The predicted octanol–water partition coefficient (Wildman–Crippen LogP) is 6.09. The number of aromatic amines is 1. The zero-order chi connectivity index (χ0) is 21.3. The molecule has 0 saturated heterocycles. The summed E-state index contributed by atoms with van der Waals surface area (Å²) in [7, 11) is 0. The first-order valence-corrected chi connectivity index (χ1v) is 11.5. The molecule has 156 valence electrons. The van der Waals surface area contributed by atoms with E-state index < -0.39 is 0 Å². The number of H-pyrrole nitrogens is 1. The lowest BCUT2D eigenvalue weighted by molar-refractivity contribution is -0.110. The number of halogens is 1. The summed E-state index contributed by atoms with van der Waals surface area (Å²) in [5, 5.41) is 4.17. The van der Waals surface area contributed by atoms with Crippen molar-refractivity contribution in [3.8, 4) is 0 Å². The second kappa shape index (κ2) is 8.78. The molecule has 30 heavy (non-hydrogen) atoms. The zero-order valence-corrected chi connectivity index (χ0v) is 19.4. The average Bonchev–Trinajstić information content (AvgIpc) is 3.30. The minimum atomic E-state index is -0.0450. The summed E-state index contributed by atoms with van der Waals surface area (Å²) in [5.74, 6) is -0.0450. The van der Waals surface area contributed by atoms with Gasteiger partial charge in [-0.1, -0.05) is 35.8 Å². The fourth-order valence-corrected chi connectivity index (χ4v) is 4.59. The molecule has 4 rings (SSSR count). The summed E-state index contributed by atoms with van der Waals surface area (Å²) in [6.07, 6.45) is 2.25. The molecule has 0 unspecified atom stereocenters. The largest absolute Gasteiger partial charge is 0.355 e. The second-order valence-corrected chi connectivity index (χ2v) is 8.79. The van der Waals surface area contributed by atoms with Crippen molar-refractivity contribution in [1.82, 2.24) is 9.88 Å². The third-order valence-electron chi connectivity index (χ3n) is 6.02. The Kier molecular flexibility index (Phi) is 6.11. The number of hydrogen-bond donors (Lipinski definition) is 2. The summed E-state index contributed by atoms with van der Waals surface area (Å²) >= 11 is 3.52. The van der Waals surface area contributed by atoms with Crippen LogP contribution in [-0.2, 0) is 11.2 Å². The Morgan fingerprint density at radius 1 is 1.07 bits per heavy atom. The van der Waals surface area contributed by atoms with E-state index in [4.69, 9.17) is 0 Å². The van der Waals surface area contributed by atoms with Gasteiger partial charge in [0.2, 0.25) is 0 Å². The highest BCUT2D eigenvalue weighted by Gasteiger charge is 2.27. The molecule has 2 heterocycles. The lowest BCUT2D eigenvalue weighted by Crippen LogP contribution is -2.24. The van der Waals surface area contributed by atoms with Gasteiger partial charge in [-0.2, -0.15) is 0 Å². The monoisotopic (exact) mass is 465 g/mol. The van der Waals surface area contributed by atoms with Crippen LogP contribution in [0.1, 0.15) is 44.0 Å². The van der Waals surface area contributed by atoms with Crippen molar-refractivity contribution in [2.75, 3.05) is 25.0 Å². The van der Waals surface area contributed by atoms with E-state index in [2.05, 4.69) is 69.2 Å².